The number of nitrogens with one attached hydrogen (secondary N) is 2. The molecule has 0 radical (unpaired) electrons. The van der Waals surface area contributed by atoms with Crippen LogP contribution in [0.15, 0.2) is 55.3 Å². The first-order valence-corrected chi connectivity index (χ1v) is 10.6. The smallest absolute Gasteiger partial charge is 0.160 e. The molecule has 30 heavy (non-hydrogen) atoms. The number of anilines is 2. The van der Waals surface area contributed by atoms with Crippen LogP contribution in [0.2, 0.25) is 0 Å². The monoisotopic (exact) mass is 400 g/mol. The van der Waals surface area contributed by atoms with Gasteiger partial charge in [-0.05, 0) is 55.0 Å². The summed E-state index contributed by atoms with van der Waals surface area (Å²) in [6.45, 7) is 8.00. The van der Waals surface area contributed by atoms with Gasteiger partial charge >= 0.3 is 0 Å². The zero-order valence-electron chi connectivity index (χ0n) is 17.4. The predicted molar refractivity (Wildman–Crippen MR) is 125 cm³/mol. The van der Waals surface area contributed by atoms with Crippen LogP contribution in [0.3, 0.4) is 0 Å². The average Bonchev–Trinajstić information content (AvgIpc) is 3.22. The van der Waals surface area contributed by atoms with Crippen LogP contribution in [0.1, 0.15) is 43.0 Å². The lowest BCUT2D eigenvalue weighted by Gasteiger charge is -2.29. The molecule has 3 aromatic rings. The molecule has 154 valence electrons. The number of rotatable bonds is 7. The molecule has 2 N–H and O–H groups in total. The van der Waals surface area contributed by atoms with Crippen molar-refractivity contribution in [3.63, 3.8) is 0 Å². The maximum atomic E-state index is 8.35. The fourth-order valence-electron chi connectivity index (χ4n) is 3.76. The van der Waals surface area contributed by atoms with Crippen LogP contribution < -0.4 is 10.2 Å². The Labute approximate surface area is 177 Å². The molecule has 6 nitrogen and oxygen atoms in total. The van der Waals surface area contributed by atoms with Gasteiger partial charge in [-0.1, -0.05) is 31.7 Å². The summed E-state index contributed by atoms with van der Waals surface area (Å²) >= 11 is 0. The van der Waals surface area contributed by atoms with Gasteiger partial charge in [-0.2, -0.15) is 9.61 Å². The molecule has 0 atom stereocenters. The van der Waals surface area contributed by atoms with Gasteiger partial charge in [-0.25, -0.2) is 4.98 Å². The van der Waals surface area contributed by atoms with Gasteiger partial charge in [-0.3, -0.25) is 0 Å². The van der Waals surface area contributed by atoms with Crippen LogP contribution in [0, 0.1) is 5.41 Å². The van der Waals surface area contributed by atoms with Crippen LogP contribution in [-0.2, 0) is 6.42 Å². The highest BCUT2D eigenvalue weighted by Gasteiger charge is 2.17. The summed E-state index contributed by atoms with van der Waals surface area (Å²) in [6.07, 6.45) is 9.91. The van der Waals surface area contributed by atoms with E-state index in [4.69, 9.17) is 5.41 Å². The maximum Gasteiger partial charge on any atom is 0.160 e. The van der Waals surface area contributed by atoms with Crippen molar-refractivity contribution in [3.05, 3.63) is 72.1 Å². The molecule has 1 aliphatic rings. The first kappa shape index (κ1) is 19.9. The highest BCUT2D eigenvalue weighted by Crippen LogP contribution is 2.24. The summed E-state index contributed by atoms with van der Waals surface area (Å²) < 4.78 is 1.90. The Bertz CT molecular complexity index is 1090. The molecule has 0 amide bonds. The Morgan fingerprint density at radius 1 is 1.20 bits per heavy atom. The third-order valence-electron chi connectivity index (χ3n) is 5.44. The summed E-state index contributed by atoms with van der Waals surface area (Å²) in [6, 6.07) is 12.1. The van der Waals surface area contributed by atoms with Gasteiger partial charge in [0.1, 0.15) is 11.6 Å². The number of allylic oxidation sites excluding steroid dienone is 1. The number of benzene rings is 1. The van der Waals surface area contributed by atoms with Crippen molar-refractivity contribution in [2.45, 2.75) is 32.6 Å². The van der Waals surface area contributed by atoms with Crippen LogP contribution >= 0.6 is 0 Å². The van der Waals surface area contributed by atoms with E-state index in [0.717, 1.165) is 48.1 Å². The first-order valence-electron chi connectivity index (χ1n) is 10.6. The Hall–Kier alpha value is -3.41. The van der Waals surface area contributed by atoms with Gasteiger partial charge < -0.3 is 15.6 Å². The fourth-order valence-corrected chi connectivity index (χ4v) is 3.76. The van der Waals surface area contributed by atoms with E-state index < -0.39 is 0 Å². The van der Waals surface area contributed by atoms with Gasteiger partial charge in [0.2, 0.25) is 0 Å². The van der Waals surface area contributed by atoms with Gasteiger partial charge in [0.15, 0.2) is 5.65 Å². The number of aromatic nitrogens is 3. The minimum atomic E-state index is 0.466. The van der Waals surface area contributed by atoms with Crippen LogP contribution in [0.4, 0.5) is 11.6 Å². The molecule has 0 saturated carbocycles. The predicted octanol–water partition coefficient (Wildman–Crippen LogP) is 4.92. The first-order chi connectivity index (χ1) is 14.7. The Balaban J connectivity index is 1.58. The molecule has 2 aromatic heterocycles. The Kier molecular flexibility index (Phi) is 5.93. The molecule has 1 aliphatic heterocycles. The van der Waals surface area contributed by atoms with Crippen molar-refractivity contribution >= 4 is 29.1 Å². The molecule has 0 unspecified atom stereocenters. The topological polar surface area (TPSA) is 69.3 Å². The summed E-state index contributed by atoms with van der Waals surface area (Å²) in [5.41, 5.74) is 4.21. The Morgan fingerprint density at radius 3 is 2.80 bits per heavy atom. The highest BCUT2D eigenvalue weighted by molar-refractivity contribution is 6.06. The van der Waals surface area contributed by atoms with Gasteiger partial charge in [-0.15, -0.1) is 0 Å². The van der Waals surface area contributed by atoms with E-state index in [1.807, 2.05) is 28.8 Å². The Morgan fingerprint density at radius 2 is 2.03 bits per heavy atom. The van der Waals surface area contributed by atoms with E-state index in [1.54, 1.807) is 18.4 Å². The number of piperidine rings is 1. The van der Waals surface area contributed by atoms with E-state index in [9.17, 15) is 0 Å². The van der Waals surface area contributed by atoms with E-state index >= 15 is 0 Å². The van der Waals surface area contributed by atoms with Crippen molar-refractivity contribution in [3.8, 4) is 0 Å². The molecule has 4 rings (SSSR count). The fraction of sp³-hybridized carbons (Fsp3) is 0.292. The molecule has 1 fully saturated rings. The molecule has 1 aromatic carbocycles. The number of hydrogen-bond acceptors (Lipinski definition) is 5. The lowest BCUT2D eigenvalue weighted by Crippen LogP contribution is -2.31. The van der Waals surface area contributed by atoms with E-state index in [1.165, 1.54) is 24.8 Å². The van der Waals surface area contributed by atoms with Crippen molar-refractivity contribution < 1.29 is 0 Å². The quantitative estimate of drug-likeness (QED) is 0.553. The number of fused-ring (bicyclic) bond motifs is 1. The number of hydrogen-bond donors (Lipinski definition) is 2. The van der Waals surface area contributed by atoms with Crippen molar-refractivity contribution in [1.82, 2.24) is 14.6 Å². The number of aryl methyl sites for hydroxylation is 1. The van der Waals surface area contributed by atoms with Gasteiger partial charge in [0.05, 0.1) is 11.4 Å². The molecule has 6 heteroatoms. The average molecular weight is 401 g/mol. The van der Waals surface area contributed by atoms with E-state index in [-0.39, 0.29) is 0 Å². The number of nitrogens with zero attached hydrogens (tertiary/aromatic N) is 4. The van der Waals surface area contributed by atoms with E-state index in [2.05, 4.69) is 45.9 Å². The van der Waals surface area contributed by atoms with Crippen LogP contribution in [-0.4, -0.2) is 33.4 Å². The van der Waals surface area contributed by atoms with Crippen molar-refractivity contribution in [2.75, 3.05) is 23.3 Å². The summed E-state index contributed by atoms with van der Waals surface area (Å²) in [5, 5.41) is 16.2. The van der Waals surface area contributed by atoms with Crippen molar-refractivity contribution in [1.29, 1.82) is 5.41 Å². The molecular weight excluding hydrogens is 372 g/mol. The third-order valence-corrected chi connectivity index (χ3v) is 5.44. The normalized spacial score (nSPS) is 14.4. The van der Waals surface area contributed by atoms with E-state index in [0.29, 0.717) is 5.71 Å². The van der Waals surface area contributed by atoms with Crippen LogP contribution in [0.5, 0.6) is 0 Å². The minimum Gasteiger partial charge on any atom is -0.356 e. The summed E-state index contributed by atoms with van der Waals surface area (Å²) in [7, 11) is 0. The molecule has 0 aliphatic carbocycles. The zero-order valence-corrected chi connectivity index (χ0v) is 17.4. The lowest BCUT2D eigenvalue weighted by molar-refractivity contribution is 0.568. The zero-order chi connectivity index (χ0) is 20.9. The summed E-state index contributed by atoms with van der Waals surface area (Å²) in [5.74, 6) is 1.78. The standard InChI is InChI=1S/C24H28N6/c1-3-18-9-8-10-19(15-18)21(25)11-12-26-22-17-24(29-13-6-5-7-14-29)30-23(27-22)16-20(4-2)28-30/h4,8-12,15-17,25H,2-3,5-7,13-14H2,1H3,(H,26,27)/b12-11-,25-21?. The second kappa shape index (κ2) is 8.95. The molecule has 0 bridgehead atoms. The maximum absolute atomic E-state index is 8.35. The molecule has 3 heterocycles. The highest BCUT2D eigenvalue weighted by atomic mass is 15.4. The van der Waals surface area contributed by atoms with Gasteiger partial charge in [0, 0.05) is 31.4 Å². The second-order valence-corrected chi connectivity index (χ2v) is 7.54. The van der Waals surface area contributed by atoms with Gasteiger partial charge in [0.25, 0.3) is 0 Å². The second-order valence-electron chi connectivity index (χ2n) is 7.54. The molecule has 1 saturated heterocycles. The third kappa shape index (κ3) is 4.27. The minimum absolute atomic E-state index is 0.466. The molecule has 0 spiro atoms. The SMILES string of the molecule is C=Cc1cc2nc(N/C=C\C(=N)c3cccc(CC)c3)cc(N3CCCCC3)n2n1. The molecular formula is C24H28N6. The summed E-state index contributed by atoms with van der Waals surface area (Å²) in [4.78, 5) is 7.06. The van der Waals surface area contributed by atoms with Crippen LogP contribution in [0.25, 0.3) is 11.7 Å². The van der Waals surface area contributed by atoms with Crippen molar-refractivity contribution in [2.24, 2.45) is 0 Å². The largest absolute Gasteiger partial charge is 0.356 e. The lowest BCUT2D eigenvalue weighted by atomic mass is 10.1.